The van der Waals surface area contributed by atoms with Crippen molar-refractivity contribution in [1.29, 1.82) is 0 Å². The first-order valence-electron chi connectivity index (χ1n) is 12.2. The zero-order valence-corrected chi connectivity index (χ0v) is 23.2. The molecule has 206 valence electrons. The summed E-state index contributed by atoms with van der Waals surface area (Å²) in [6, 6.07) is 20.4. The molecule has 0 aliphatic heterocycles. The Morgan fingerprint density at radius 3 is 2.20 bits per heavy atom. The first-order valence-corrected chi connectivity index (χ1v) is 13.0. The van der Waals surface area contributed by atoms with Gasteiger partial charge in [0.25, 0.3) is 5.69 Å². The van der Waals surface area contributed by atoms with Gasteiger partial charge in [-0.3, -0.25) is 10.1 Å². The zero-order valence-electron chi connectivity index (χ0n) is 21.7. The van der Waals surface area contributed by atoms with E-state index in [4.69, 9.17) is 27.6 Å². The van der Waals surface area contributed by atoms with Crippen LogP contribution in [0, 0.1) is 24.0 Å². The molecule has 0 atom stereocenters. The van der Waals surface area contributed by atoms with Crippen LogP contribution in [0.2, 0.25) is 10.0 Å². The van der Waals surface area contributed by atoms with E-state index in [1.165, 1.54) is 18.3 Å². The average molecular weight is 589 g/mol. The van der Waals surface area contributed by atoms with Gasteiger partial charge < -0.3 is 15.1 Å². The van der Waals surface area contributed by atoms with Crippen molar-refractivity contribution in [2.75, 3.05) is 16.1 Å². The minimum Gasteiger partial charge on any atom is -0.455 e. The Bertz CT molecular complexity index is 1760. The Kier molecular flexibility index (Phi) is 8.09. The molecule has 0 bridgehead atoms. The average Bonchev–Trinajstić information content (AvgIpc) is 3.39. The molecule has 0 aliphatic rings. The monoisotopic (exact) mass is 588 g/mol. The Labute approximate surface area is 244 Å². The summed E-state index contributed by atoms with van der Waals surface area (Å²) < 4.78 is 5.84. The smallest absolute Gasteiger partial charge is 0.269 e. The number of hydrazone groups is 1. The molecule has 41 heavy (non-hydrogen) atoms. The maximum Gasteiger partial charge on any atom is 0.269 e. The van der Waals surface area contributed by atoms with Crippen LogP contribution in [0.25, 0.3) is 11.3 Å². The van der Waals surface area contributed by atoms with Crippen molar-refractivity contribution in [3.05, 3.63) is 110 Å². The summed E-state index contributed by atoms with van der Waals surface area (Å²) >= 11 is 12.3. The van der Waals surface area contributed by atoms with Crippen LogP contribution in [-0.2, 0) is 0 Å². The molecule has 2 heterocycles. The molecule has 0 spiro atoms. The number of furan rings is 1. The fourth-order valence-electron chi connectivity index (χ4n) is 3.69. The molecule has 0 radical (unpaired) electrons. The Hall–Kier alpha value is -5.00. The number of rotatable bonds is 9. The number of hydrogen-bond donors (Lipinski definition) is 3. The predicted octanol–water partition coefficient (Wildman–Crippen LogP) is 7.90. The second-order valence-electron chi connectivity index (χ2n) is 8.86. The maximum atomic E-state index is 11.0. The summed E-state index contributed by atoms with van der Waals surface area (Å²) in [6.45, 7) is 4.04. The van der Waals surface area contributed by atoms with E-state index in [-0.39, 0.29) is 23.5 Å². The number of anilines is 5. The minimum absolute atomic E-state index is 0.0283. The highest BCUT2D eigenvalue weighted by Crippen LogP contribution is 2.31. The lowest BCUT2D eigenvalue weighted by atomic mass is 10.1. The largest absolute Gasteiger partial charge is 0.455 e. The second kappa shape index (κ2) is 12.0. The number of nitrogens with one attached hydrogen (secondary N) is 3. The molecule has 3 aromatic carbocycles. The summed E-state index contributed by atoms with van der Waals surface area (Å²) in [5, 5.41) is 22.4. The highest BCUT2D eigenvalue weighted by Gasteiger charge is 2.11. The van der Waals surface area contributed by atoms with Crippen LogP contribution in [0.15, 0.2) is 82.3 Å². The molecule has 5 aromatic rings. The van der Waals surface area contributed by atoms with Gasteiger partial charge in [-0.1, -0.05) is 29.3 Å². The number of hydrogen-bond acceptors (Lipinski definition) is 10. The molecule has 0 saturated carbocycles. The van der Waals surface area contributed by atoms with Crippen molar-refractivity contribution >= 4 is 64.3 Å². The van der Waals surface area contributed by atoms with E-state index in [0.717, 1.165) is 16.8 Å². The topological polar surface area (TPSA) is 143 Å². The highest BCUT2D eigenvalue weighted by molar-refractivity contribution is 6.36. The van der Waals surface area contributed by atoms with Gasteiger partial charge in [-0.15, -0.1) is 0 Å². The predicted molar refractivity (Wildman–Crippen MR) is 161 cm³/mol. The number of non-ortho nitro benzene ring substituents is 1. The summed E-state index contributed by atoms with van der Waals surface area (Å²) in [5.74, 6) is 1.60. The third-order valence-corrected chi connectivity index (χ3v) is 6.46. The van der Waals surface area contributed by atoms with E-state index < -0.39 is 4.92 Å². The molecule has 5 rings (SSSR count). The molecule has 13 heteroatoms. The van der Waals surface area contributed by atoms with Crippen LogP contribution in [0.1, 0.15) is 16.9 Å². The Balaban J connectivity index is 1.37. The molecule has 0 amide bonds. The molecule has 0 fully saturated rings. The lowest BCUT2D eigenvalue weighted by Crippen LogP contribution is -2.07. The van der Waals surface area contributed by atoms with Crippen LogP contribution >= 0.6 is 23.2 Å². The molecule has 2 aromatic heterocycles. The van der Waals surface area contributed by atoms with Crippen LogP contribution in [0.3, 0.4) is 0 Å². The van der Waals surface area contributed by atoms with Gasteiger partial charge in [-0.25, -0.2) is 5.43 Å². The Morgan fingerprint density at radius 2 is 1.51 bits per heavy atom. The van der Waals surface area contributed by atoms with Gasteiger partial charge in [0.1, 0.15) is 11.5 Å². The van der Waals surface area contributed by atoms with E-state index in [0.29, 0.717) is 32.8 Å². The second-order valence-corrected chi connectivity index (χ2v) is 9.70. The van der Waals surface area contributed by atoms with Crippen LogP contribution in [0.5, 0.6) is 0 Å². The fraction of sp³-hybridized carbons (Fsp3) is 0.0714. The van der Waals surface area contributed by atoms with Crippen molar-refractivity contribution in [3.8, 4) is 11.3 Å². The lowest BCUT2D eigenvalue weighted by molar-refractivity contribution is -0.384. The van der Waals surface area contributed by atoms with Crippen molar-refractivity contribution in [2.24, 2.45) is 5.10 Å². The number of aryl methyl sites for hydroxylation is 2. The number of nitro benzene ring substituents is 1. The maximum absolute atomic E-state index is 11.0. The third-order valence-electron chi connectivity index (χ3n) is 5.91. The van der Waals surface area contributed by atoms with Gasteiger partial charge in [-0.05, 0) is 79.6 Å². The van der Waals surface area contributed by atoms with Crippen molar-refractivity contribution < 1.29 is 9.34 Å². The van der Waals surface area contributed by atoms with Gasteiger partial charge in [0.15, 0.2) is 0 Å². The number of benzene rings is 3. The first kappa shape index (κ1) is 27.6. The quantitative estimate of drug-likeness (QED) is 0.0888. The molecule has 0 unspecified atom stereocenters. The van der Waals surface area contributed by atoms with E-state index in [2.05, 4.69) is 36.1 Å². The van der Waals surface area contributed by atoms with Crippen molar-refractivity contribution in [1.82, 2.24) is 15.0 Å². The lowest BCUT2D eigenvalue weighted by Gasteiger charge is -2.11. The van der Waals surface area contributed by atoms with Crippen molar-refractivity contribution in [3.63, 3.8) is 0 Å². The summed E-state index contributed by atoms with van der Waals surface area (Å²) in [7, 11) is 0. The highest BCUT2D eigenvalue weighted by atomic mass is 35.5. The third kappa shape index (κ3) is 6.96. The standard InChI is InChI=1S/C28H22Cl2N8O3/c1-16-3-5-20(13-17(16)2)33-27-34-26(32-19-6-8-21(9-7-19)38(39)40)35-28(36-27)37-31-15-22-10-12-25(41-22)23-11-4-18(29)14-24(23)30/h3-15H,1-2H3,(H3,32,33,34,35,36,37)/b31-15-. The summed E-state index contributed by atoms with van der Waals surface area (Å²) in [4.78, 5) is 23.7. The Morgan fingerprint density at radius 1 is 0.829 bits per heavy atom. The van der Waals surface area contributed by atoms with Crippen LogP contribution in [-0.4, -0.2) is 26.1 Å². The van der Waals surface area contributed by atoms with Gasteiger partial charge in [0.05, 0.1) is 16.2 Å². The zero-order chi connectivity index (χ0) is 28.9. The number of aromatic nitrogens is 3. The number of nitrogens with zero attached hydrogens (tertiary/aromatic N) is 5. The van der Waals surface area contributed by atoms with E-state index >= 15 is 0 Å². The van der Waals surface area contributed by atoms with Crippen molar-refractivity contribution in [2.45, 2.75) is 13.8 Å². The van der Waals surface area contributed by atoms with E-state index in [9.17, 15) is 10.1 Å². The SMILES string of the molecule is Cc1ccc(Nc2nc(N/N=C\c3ccc(-c4ccc(Cl)cc4Cl)o3)nc(Nc3ccc([N+](=O)[O-])cc3)n2)cc1C. The van der Waals surface area contributed by atoms with E-state index in [1.54, 1.807) is 42.5 Å². The summed E-state index contributed by atoms with van der Waals surface area (Å²) in [6.07, 6.45) is 1.47. The molecule has 11 nitrogen and oxygen atoms in total. The molecular formula is C28H22Cl2N8O3. The number of nitro groups is 1. The first-order chi connectivity index (χ1) is 19.7. The fourth-order valence-corrected chi connectivity index (χ4v) is 4.19. The minimum atomic E-state index is -0.468. The summed E-state index contributed by atoms with van der Waals surface area (Å²) in [5.41, 5.74) is 7.07. The number of halogens is 2. The van der Waals surface area contributed by atoms with Gasteiger partial charge in [0, 0.05) is 34.1 Å². The normalized spacial score (nSPS) is 11.0. The van der Waals surface area contributed by atoms with Gasteiger partial charge in [-0.2, -0.15) is 20.1 Å². The van der Waals surface area contributed by atoms with E-state index in [1.807, 2.05) is 32.0 Å². The van der Waals surface area contributed by atoms with Crippen LogP contribution < -0.4 is 16.1 Å². The molecular weight excluding hydrogens is 567 g/mol. The molecule has 0 saturated heterocycles. The molecule has 0 aliphatic carbocycles. The van der Waals surface area contributed by atoms with Gasteiger partial charge >= 0.3 is 0 Å². The van der Waals surface area contributed by atoms with Crippen LogP contribution in [0.4, 0.5) is 34.9 Å². The van der Waals surface area contributed by atoms with Gasteiger partial charge in [0.2, 0.25) is 17.8 Å². The molecule has 3 N–H and O–H groups in total.